The number of benzene rings is 1. The summed E-state index contributed by atoms with van der Waals surface area (Å²) in [5.74, 6) is 0.809. The first-order valence-electron chi connectivity index (χ1n) is 6.85. The Bertz CT molecular complexity index is 832. The number of rotatable bonds is 3. The molecule has 1 unspecified atom stereocenters. The summed E-state index contributed by atoms with van der Waals surface area (Å²) in [4.78, 5) is 18.0. The van der Waals surface area contributed by atoms with Crippen molar-refractivity contribution in [1.29, 1.82) is 0 Å². The lowest BCUT2D eigenvalue weighted by molar-refractivity contribution is 0.0696. The lowest BCUT2D eigenvalue weighted by Crippen LogP contribution is -2.30. The van der Waals surface area contributed by atoms with E-state index in [1.807, 2.05) is 0 Å². The molecule has 3 rings (SSSR count). The minimum atomic E-state index is -0.784. The van der Waals surface area contributed by atoms with Crippen LogP contribution in [0.15, 0.2) is 30.5 Å². The molecule has 0 bridgehead atoms. The molecule has 1 atom stereocenters. The SMILES string of the molecule is C#CCC(c1cc(F)ccc1F)N1Cc2c(Cl)ccnc2C1=O. The standard InChI is InChI=1S/C17H11ClF2N2O/c1-2-3-15(11-8-10(19)4-5-14(11)20)22-9-12-13(18)6-7-21-16(12)17(22)23/h1,4-8,15H,3,9H2. The van der Waals surface area contributed by atoms with Crippen molar-refractivity contribution < 1.29 is 13.6 Å². The van der Waals surface area contributed by atoms with E-state index < -0.39 is 23.6 Å². The number of hydrogen-bond donors (Lipinski definition) is 0. The lowest BCUT2D eigenvalue weighted by Gasteiger charge is -2.27. The van der Waals surface area contributed by atoms with Gasteiger partial charge in [-0.25, -0.2) is 8.78 Å². The molecule has 0 saturated carbocycles. The highest BCUT2D eigenvalue weighted by Crippen LogP contribution is 2.36. The van der Waals surface area contributed by atoms with Gasteiger partial charge >= 0.3 is 0 Å². The summed E-state index contributed by atoms with van der Waals surface area (Å²) in [7, 11) is 0. The van der Waals surface area contributed by atoms with Gasteiger partial charge < -0.3 is 4.90 Å². The van der Waals surface area contributed by atoms with Crippen LogP contribution in [0.25, 0.3) is 0 Å². The second-order valence-electron chi connectivity index (χ2n) is 5.14. The van der Waals surface area contributed by atoms with Gasteiger partial charge in [0, 0.05) is 28.8 Å². The highest BCUT2D eigenvalue weighted by atomic mass is 35.5. The molecular weight excluding hydrogens is 322 g/mol. The van der Waals surface area contributed by atoms with E-state index in [4.69, 9.17) is 18.0 Å². The van der Waals surface area contributed by atoms with Crippen molar-refractivity contribution in [3.8, 4) is 12.3 Å². The van der Waals surface area contributed by atoms with E-state index in [0.717, 1.165) is 18.2 Å². The summed E-state index contributed by atoms with van der Waals surface area (Å²) >= 11 is 6.09. The second-order valence-corrected chi connectivity index (χ2v) is 5.55. The first-order chi connectivity index (χ1) is 11.0. The van der Waals surface area contributed by atoms with Crippen LogP contribution < -0.4 is 0 Å². The number of carbonyl (C=O) groups is 1. The summed E-state index contributed by atoms with van der Waals surface area (Å²) in [6.07, 6.45) is 6.84. The molecule has 23 heavy (non-hydrogen) atoms. The van der Waals surface area contributed by atoms with Crippen LogP contribution in [-0.4, -0.2) is 15.8 Å². The minimum Gasteiger partial charge on any atom is -0.325 e. The number of aromatic nitrogens is 1. The molecular formula is C17H11ClF2N2O. The Hall–Kier alpha value is -2.45. The molecule has 0 radical (unpaired) electrons. The van der Waals surface area contributed by atoms with E-state index in [0.29, 0.717) is 10.6 Å². The van der Waals surface area contributed by atoms with E-state index in [-0.39, 0.29) is 24.2 Å². The molecule has 0 fully saturated rings. The van der Waals surface area contributed by atoms with Crippen LogP contribution >= 0.6 is 11.6 Å². The monoisotopic (exact) mass is 332 g/mol. The van der Waals surface area contributed by atoms with Crippen molar-refractivity contribution in [2.45, 2.75) is 19.0 Å². The first-order valence-corrected chi connectivity index (χ1v) is 7.23. The molecule has 116 valence electrons. The maximum atomic E-state index is 14.1. The van der Waals surface area contributed by atoms with Crippen molar-refractivity contribution in [2.75, 3.05) is 0 Å². The Labute approximate surface area is 136 Å². The predicted molar refractivity (Wildman–Crippen MR) is 81.7 cm³/mol. The number of amides is 1. The number of terminal acetylenes is 1. The highest BCUT2D eigenvalue weighted by molar-refractivity contribution is 6.32. The number of nitrogens with zero attached hydrogens (tertiary/aromatic N) is 2. The molecule has 0 saturated heterocycles. The van der Waals surface area contributed by atoms with Crippen molar-refractivity contribution in [3.05, 3.63) is 63.9 Å². The third kappa shape index (κ3) is 2.66. The summed E-state index contributed by atoms with van der Waals surface area (Å²) in [6.45, 7) is 0.156. The fourth-order valence-electron chi connectivity index (χ4n) is 2.70. The van der Waals surface area contributed by atoms with E-state index in [9.17, 15) is 13.6 Å². The number of hydrogen-bond acceptors (Lipinski definition) is 2. The topological polar surface area (TPSA) is 33.2 Å². The average molecular weight is 333 g/mol. The van der Waals surface area contributed by atoms with Gasteiger partial charge in [0.05, 0.1) is 12.6 Å². The third-order valence-corrected chi connectivity index (χ3v) is 4.15. The van der Waals surface area contributed by atoms with Crippen LogP contribution in [0.1, 0.15) is 34.1 Å². The number of carbonyl (C=O) groups excluding carboxylic acids is 1. The molecule has 1 aliphatic heterocycles. The number of fused-ring (bicyclic) bond motifs is 1. The van der Waals surface area contributed by atoms with Crippen molar-refractivity contribution in [1.82, 2.24) is 9.88 Å². The van der Waals surface area contributed by atoms with Gasteiger partial charge in [0.25, 0.3) is 5.91 Å². The van der Waals surface area contributed by atoms with Gasteiger partial charge in [-0.3, -0.25) is 9.78 Å². The molecule has 1 amide bonds. The molecule has 3 nitrogen and oxygen atoms in total. The van der Waals surface area contributed by atoms with Crippen LogP contribution in [0, 0.1) is 24.0 Å². The van der Waals surface area contributed by atoms with Gasteiger partial charge in [0.1, 0.15) is 17.3 Å². The highest BCUT2D eigenvalue weighted by Gasteiger charge is 2.36. The molecule has 1 aromatic heterocycles. The van der Waals surface area contributed by atoms with Crippen molar-refractivity contribution in [3.63, 3.8) is 0 Å². The molecule has 0 N–H and O–H groups in total. The zero-order valence-electron chi connectivity index (χ0n) is 11.9. The van der Waals surface area contributed by atoms with E-state index >= 15 is 0 Å². The second kappa shape index (κ2) is 5.98. The number of halogens is 3. The summed E-state index contributed by atoms with van der Waals surface area (Å²) in [5, 5.41) is 0.407. The van der Waals surface area contributed by atoms with Gasteiger partial charge in [-0.2, -0.15) is 0 Å². The Kier molecular flexibility index (Phi) is 4.01. The summed E-state index contributed by atoms with van der Waals surface area (Å²) in [6, 6.07) is 3.89. The Morgan fingerprint density at radius 3 is 2.87 bits per heavy atom. The third-order valence-electron chi connectivity index (χ3n) is 3.79. The molecule has 2 aromatic rings. The molecule has 1 aromatic carbocycles. The van der Waals surface area contributed by atoms with Crippen molar-refractivity contribution in [2.24, 2.45) is 0 Å². The van der Waals surface area contributed by atoms with Gasteiger partial charge in [-0.05, 0) is 24.3 Å². The van der Waals surface area contributed by atoms with Gasteiger partial charge in [-0.15, -0.1) is 12.3 Å². The molecule has 0 aliphatic carbocycles. The smallest absolute Gasteiger partial charge is 0.273 e. The van der Waals surface area contributed by atoms with Crippen LogP contribution in [-0.2, 0) is 6.54 Å². The maximum Gasteiger partial charge on any atom is 0.273 e. The fraction of sp³-hybridized carbons (Fsp3) is 0.176. The Morgan fingerprint density at radius 2 is 2.17 bits per heavy atom. The molecule has 1 aliphatic rings. The van der Waals surface area contributed by atoms with Crippen molar-refractivity contribution >= 4 is 17.5 Å². The zero-order chi connectivity index (χ0) is 16.6. The van der Waals surface area contributed by atoms with Gasteiger partial charge in [0.15, 0.2) is 0 Å². The first kappa shape index (κ1) is 15.4. The zero-order valence-corrected chi connectivity index (χ0v) is 12.6. The van der Waals surface area contributed by atoms with E-state index in [2.05, 4.69) is 10.9 Å². The fourth-order valence-corrected chi connectivity index (χ4v) is 2.91. The van der Waals surface area contributed by atoms with E-state index in [1.54, 1.807) is 6.07 Å². The number of pyridine rings is 1. The van der Waals surface area contributed by atoms with Crippen LogP contribution in [0.3, 0.4) is 0 Å². The normalized spacial score (nSPS) is 14.5. The molecule has 0 spiro atoms. The van der Waals surface area contributed by atoms with Crippen LogP contribution in [0.4, 0.5) is 8.78 Å². The van der Waals surface area contributed by atoms with Gasteiger partial charge in [0.2, 0.25) is 0 Å². The quantitative estimate of drug-likeness (QED) is 0.802. The molecule has 2 heterocycles. The Balaban J connectivity index is 2.04. The largest absolute Gasteiger partial charge is 0.325 e. The predicted octanol–water partition coefficient (Wildman–Crippen LogP) is 3.73. The Morgan fingerprint density at radius 1 is 1.39 bits per heavy atom. The maximum absolute atomic E-state index is 14.1. The van der Waals surface area contributed by atoms with E-state index in [1.165, 1.54) is 11.1 Å². The van der Waals surface area contributed by atoms with Gasteiger partial charge in [-0.1, -0.05) is 11.6 Å². The van der Waals surface area contributed by atoms with Crippen LogP contribution in [0.2, 0.25) is 5.02 Å². The lowest BCUT2D eigenvalue weighted by atomic mass is 10.0. The summed E-state index contributed by atoms with van der Waals surface area (Å²) < 4.78 is 27.6. The van der Waals surface area contributed by atoms with Crippen LogP contribution in [0.5, 0.6) is 0 Å². The summed E-state index contributed by atoms with van der Waals surface area (Å²) in [5.41, 5.74) is 0.828. The average Bonchev–Trinajstić information content (AvgIpc) is 2.86. The minimum absolute atomic E-state index is 0.0419. The molecule has 6 heteroatoms.